The maximum atomic E-state index is 12.2. The molecular weight excluding hydrogens is 326 g/mol. The van der Waals surface area contributed by atoms with E-state index in [1.807, 2.05) is 29.6 Å². The molecule has 4 rings (SSSR count). The number of thiophene rings is 1. The summed E-state index contributed by atoms with van der Waals surface area (Å²) >= 11 is 1.58. The third-order valence-corrected chi connectivity index (χ3v) is 4.75. The van der Waals surface area contributed by atoms with Gasteiger partial charge in [0.2, 0.25) is 0 Å². The lowest BCUT2D eigenvalue weighted by molar-refractivity contribution is -0.167. The average molecular weight is 337 g/mol. The number of hydroxylamine groups is 2. The van der Waals surface area contributed by atoms with Crippen molar-refractivity contribution in [2.45, 2.75) is 6.42 Å². The number of rotatable bonds is 3. The number of amides is 2. The molecule has 0 unspecified atom stereocenters. The minimum atomic E-state index is -0.650. The van der Waals surface area contributed by atoms with Crippen LogP contribution in [0.2, 0.25) is 0 Å². The molecule has 1 aliphatic rings. The van der Waals surface area contributed by atoms with Gasteiger partial charge in [0.05, 0.1) is 17.5 Å². The first-order valence-corrected chi connectivity index (χ1v) is 8.17. The zero-order valence-corrected chi connectivity index (χ0v) is 13.2. The predicted octanol–water partition coefficient (Wildman–Crippen LogP) is 3.20. The summed E-state index contributed by atoms with van der Waals surface area (Å²) in [6, 6.07) is 14.0. The smallest absolute Gasteiger partial charge is 0.329 e. The maximum Gasteiger partial charge on any atom is 0.337 e. The Labute approximate surface area is 141 Å². The first-order chi connectivity index (χ1) is 11.6. The van der Waals surface area contributed by atoms with Gasteiger partial charge in [0.1, 0.15) is 0 Å². The molecule has 0 aliphatic carbocycles. The van der Waals surface area contributed by atoms with E-state index < -0.39 is 17.8 Å². The molecule has 3 aromatic rings. The van der Waals surface area contributed by atoms with Gasteiger partial charge < -0.3 is 4.84 Å². The van der Waals surface area contributed by atoms with Gasteiger partial charge in [0.15, 0.2) is 0 Å². The van der Waals surface area contributed by atoms with E-state index in [1.54, 1.807) is 23.5 Å². The highest BCUT2D eigenvalue weighted by Gasteiger charge is 2.38. The molecule has 6 heteroatoms. The van der Waals surface area contributed by atoms with Crippen molar-refractivity contribution in [1.82, 2.24) is 5.06 Å². The van der Waals surface area contributed by atoms with Crippen molar-refractivity contribution in [3.8, 4) is 0 Å². The summed E-state index contributed by atoms with van der Waals surface area (Å²) < 4.78 is 1.07. The second-order valence-corrected chi connectivity index (χ2v) is 6.29. The second kappa shape index (κ2) is 5.58. The molecular formula is C18H11NO4S. The fraction of sp³-hybridized carbons (Fsp3) is 0.0556. The van der Waals surface area contributed by atoms with E-state index in [4.69, 9.17) is 4.84 Å². The van der Waals surface area contributed by atoms with Crippen molar-refractivity contribution in [3.05, 3.63) is 70.6 Å². The highest BCUT2D eigenvalue weighted by atomic mass is 32.1. The van der Waals surface area contributed by atoms with Crippen molar-refractivity contribution in [3.63, 3.8) is 0 Å². The summed E-state index contributed by atoms with van der Waals surface area (Å²) in [4.78, 5) is 41.6. The van der Waals surface area contributed by atoms with Crippen LogP contribution in [0.4, 0.5) is 0 Å². The van der Waals surface area contributed by atoms with E-state index in [0.717, 1.165) is 15.6 Å². The third kappa shape index (κ3) is 2.28. The molecule has 0 spiro atoms. The largest absolute Gasteiger partial charge is 0.337 e. The standard InChI is InChI=1S/C18H11NO4S/c20-16(10-11-4-3-7-15-12(11)8-9-24-15)23-19-17(21)13-5-1-2-6-14(13)18(19)22/h1-9H,10H2. The van der Waals surface area contributed by atoms with Gasteiger partial charge in [-0.1, -0.05) is 29.3 Å². The van der Waals surface area contributed by atoms with Crippen LogP contribution in [0.1, 0.15) is 26.3 Å². The Morgan fingerprint density at radius 2 is 1.67 bits per heavy atom. The molecule has 24 heavy (non-hydrogen) atoms. The molecule has 0 radical (unpaired) electrons. The maximum absolute atomic E-state index is 12.2. The van der Waals surface area contributed by atoms with Gasteiger partial charge >= 0.3 is 5.97 Å². The number of carbonyl (C=O) groups excluding carboxylic acids is 3. The number of carbonyl (C=O) groups is 3. The molecule has 0 atom stereocenters. The van der Waals surface area contributed by atoms with Crippen molar-refractivity contribution in [2.24, 2.45) is 0 Å². The third-order valence-electron chi connectivity index (χ3n) is 3.87. The highest BCUT2D eigenvalue weighted by Crippen LogP contribution is 2.26. The molecule has 5 nitrogen and oxygen atoms in total. The van der Waals surface area contributed by atoms with Crippen LogP contribution in [0.15, 0.2) is 53.9 Å². The normalized spacial score (nSPS) is 13.4. The monoisotopic (exact) mass is 337 g/mol. The van der Waals surface area contributed by atoms with Gasteiger partial charge in [-0.2, -0.15) is 0 Å². The topological polar surface area (TPSA) is 63.7 Å². The second-order valence-electron chi connectivity index (χ2n) is 5.34. The Hall–Kier alpha value is -2.99. The Morgan fingerprint density at radius 3 is 2.38 bits per heavy atom. The van der Waals surface area contributed by atoms with E-state index >= 15 is 0 Å². The molecule has 2 heterocycles. The molecule has 1 aliphatic heterocycles. The molecule has 0 bridgehead atoms. The van der Waals surface area contributed by atoms with Crippen LogP contribution in [0.5, 0.6) is 0 Å². The van der Waals surface area contributed by atoms with E-state index in [0.29, 0.717) is 5.06 Å². The molecule has 0 N–H and O–H groups in total. The molecule has 0 saturated heterocycles. The van der Waals surface area contributed by atoms with E-state index in [1.165, 1.54) is 12.1 Å². The van der Waals surface area contributed by atoms with E-state index in [2.05, 4.69) is 0 Å². The molecule has 1 aromatic heterocycles. The van der Waals surface area contributed by atoms with Crippen LogP contribution in [0.3, 0.4) is 0 Å². The Balaban J connectivity index is 1.54. The van der Waals surface area contributed by atoms with Gasteiger partial charge in [-0.25, -0.2) is 4.79 Å². The Morgan fingerprint density at radius 1 is 0.958 bits per heavy atom. The number of hydrogen-bond donors (Lipinski definition) is 0. The molecule has 118 valence electrons. The number of imide groups is 1. The summed E-state index contributed by atoms with van der Waals surface area (Å²) in [6.45, 7) is 0. The molecule has 2 amide bonds. The summed E-state index contributed by atoms with van der Waals surface area (Å²) in [6.07, 6.45) is -0.0124. The van der Waals surface area contributed by atoms with E-state index in [-0.39, 0.29) is 17.5 Å². The molecule has 2 aromatic carbocycles. The summed E-state index contributed by atoms with van der Waals surface area (Å²) in [5, 5.41) is 3.46. The number of hydrogen-bond acceptors (Lipinski definition) is 5. The summed E-state index contributed by atoms with van der Waals surface area (Å²) in [5.41, 5.74) is 1.29. The number of benzene rings is 2. The fourth-order valence-electron chi connectivity index (χ4n) is 2.75. The van der Waals surface area contributed by atoms with Crippen molar-refractivity contribution in [1.29, 1.82) is 0 Å². The van der Waals surface area contributed by atoms with E-state index in [9.17, 15) is 14.4 Å². The fourth-order valence-corrected chi connectivity index (χ4v) is 3.58. The Kier molecular flexibility index (Phi) is 3.39. The van der Waals surface area contributed by atoms with Crippen LogP contribution in [-0.2, 0) is 16.1 Å². The zero-order valence-electron chi connectivity index (χ0n) is 12.4. The Bertz CT molecular complexity index is 956. The quantitative estimate of drug-likeness (QED) is 0.689. The van der Waals surface area contributed by atoms with Crippen LogP contribution in [0.25, 0.3) is 10.1 Å². The molecule has 0 fully saturated rings. The average Bonchev–Trinajstić information content (AvgIpc) is 3.16. The lowest BCUT2D eigenvalue weighted by Crippen LogP contribution is -2.33. The zero-order chi connectivity index (χ0) is 16.7. The summed E-state index contributed by atoms with van der Waals surface area (Å²) in [5.74, 6) is -1.88. The minimum absolute atomic E-state index is 0.0124. The predicted molar refractivity (Wildman–Crippen MR) is 88.6 cm³/mol. The van der Waals surface area contributed by atoms with Crippen LogP contribution in [-0.4, -0.2) is 22.8 Å². The highest BCUT2D eigenvalue weighted by molar-refractivity contribution is 7.17. The van der Waals surface area contributed by atoms with Gasteiger partial charge in [0.25, 0.3) is 11.8 Å². The molecule has 0 saturated carbocycles. The SMILES string of the molecule is O=C(Cc1cccc2sccc12)ON1C(=O)c2ccccc2C1=O. The van der Waals surface area contributed by atoms with Gasteiger partial charge in [-0.3, -0.25) is 9.59 Å². The lowest BCUT2D eigenvalue weighted by atomic mass is 10.1. The van der Waals surface area contributed by atoms with Crippen LogP contribution >= 0.6 is 11.3 Å². The van der Waals surface area contributed by atoms with Gasteiger partial charge in [0, 0.05) is 4.70 Å². The summed E-state index contributed by atoms with van der Waals surface area (Å²) in [7, 11) is 0. The van der Waals surface area contributed by atoms with Crippen LogP contribution in [0, 0.1) is 0 Å². The van der Waals surface area contributed by atoms with Crippen molar-refractivity contribution in [2.75, 3.05) is 0 Å². The van der Waals surface area contributed by atoms with Crippen LogP contribution < -0.4 is 0 Å². The number of nitrogens with zero attached hydrogens (tertiary/aromatic N) is 1. The van der Waals surface area contributed by atoms with Crippen molar-refractivity contribution >= 4 is 39.2 Å². The lowest BCUT2D eigenvalue weighted by Gasteiger charge is -2.13. The van der Waals surface area contributed by atoms with Gasteiger partial charge in [-0.15, -0.1) is 11.3 Å². The number of fused-ring (bicyclic) bond motifs is 2. The first kappa shape index (κ1) is 14.6. The van der Waals surface area contributed by atoms with Crippen molar-refractivity contribution < 1.29 is 19.2 Å². The first-order valence-electron chi connectivity index (χ1n) is 7.29. The minimum Gasteiger partial charge on any atom is -0.329 e. The van der Waals surface area contributed by atoms with Gasteiger partial charge in [-0.05, 0) is 40.6 Å².